The summed E-state index contributed by atoms with van der Waals surface area (Å²) in [7, 11) is 0. The Labute approximate surface area is 218 Å². The largest absolute Gasteiger partial charge is 0.494 e. The van der Waals surface area contributed by atoms with Crippen molar-refractivity contribution in [3.63, 3.8) is 0 Å². The molecular weight excluding hydrogens is 582 g/mol. The van der Waals surface area contributed by atoms with E-state index in [0.29, 0.717) is 23.3 Å². The summed E-state index contributed by atoms with van der Waals surface area (Å²) in [6.45, 7) is 4.53. The molecule has 0 aliphatic heterocycles. The Morgan fingerprint density at radius 1 is 1.12 bits per heavy atom. The van der Waals surface area contributed by atoms with Gasteiger partial charge in [-0.25, -0.2) is 0 Å². The van der Waals surface area contributed by atoms with Crippen LogP contribution >= 0.6 is 43.6 Å². The first-order valence-electron chi connectivity index (χ1n) is 10.4. The fourth-order valence-corrected chi connectivity index (χ4v) is 5.63. The lowest BCUT2D eigenvalue weighted by Crippen LogP contribution is -2.15. The van der Waals surface area contributed by atoms with E-state index in [9.17, 15) is 4.79 Å². The number of benzene rings is 2. The first-order chi connectivity index (χ1) is 16.5. The van der Waals surface area contributed by atoms with Gasteiger partial charge >= 0.3 is 0 Å². The quantitative estimate of drug-likeness (QED) is 0.239. The fraction of sp³-hybridized carbons (Fsp3) is 0.167. The molecule has 1 N–H and O–H groups in total. The van der Waals surface area contributed by atoms with Gasteiger partial charge in [-0.1, -0.05) is 11.8 Å². The van der Waals surface area contributed by atoms with Crippen molar-refractivity contribution in [2.24, 2.45) is 0 Å². The van der Waals surface area contributed by atoms with Gasteiger partial charge in [0.2, 0.25) is 5.91 Å². The number of nitrogens with one attached hydrogen (secondary N) is 1. The predicted molar refractivity (Wildman–Crippen MR) is 142 cm³/mol. The molecule has 0 spiro atoms. The standard InChI is InChI=1S/C24H21Br2N5O2S/c1-3-33-18-8-6-17(7-9-18)31-23(16-5-4-10-27-13-16)29-30-24(31)34-14-21(32)28-22-19(25)11-15(2)12-20(22)26/h4-13H,3,14H2,1-2H3,(H,28,32). The lowest BCUT2D eigenvalue weighted by molar-refractivity contribution is -0.113. The van der Waals surface area contributed by atoms with Crippen LogP contribution < -0.4 is 10.1 Å². The van der Waals surface area contributed by atoms with Crippen LogP contribution in [-0.4, -0.2) is 38.0 Å². The Morgan fingerprint density at radius 3 is 2.50 bits per heavy atom. The minimum absolute atomic E-state index is 0.153. The Morgan fingerprint density at radius 2 is 1.85 bits per heavy atom. The average Bonchev–Trinajstić information content (AvgIpc) is 3.25. The minimum atomic E-state index is -0.153. The summed E-state index contributed by atoms with van der Waals surface area (Å²) in [6, 6.07) is 15.4. The number of carbonyl (C=O) groups is 1. The second-order valence-corrected chi connectivity index (χ2v) is 9.90. The van der Waals surface area contributed by atoms with Crippen molar-refractivity contribution in [2.75, 3.05) is 17.7 Å². The van der Waals surface area contributed by atoms with E-state index in [1.54, 1.807) is 12.4 Å². The van der Waals surface area contributed by atoms with Gasteiger partial charge in [-0.2, -0.15) is 0 Å². The fourth-order valence-electron chi connectivity index (χ4n) is 3.26. The Hall–Kier alpha value is -2.69. The minimum Gasteiger partial charge on any atom is -0.494 e. The molecule has 7 nitrogen and oxygen atoms in total. The van der Waals surface area contributed by atoms with Crippen molar-refractivity contribution in [3.8, 4) is 22.8 Å². The number of thioether (sulfide) groups is 1. The normalized spacial score (nSPS) is 10.8. The number of aromatic nitrogens is 4. The predicted octanol–water partition coefficient (Wildman–Crippen LogP) is 6.29. The highest BCUT2D eigenvalue weighted by atomic mass is 79.9. The molecule has 1 amide bonds. The number of amides is 1. The van der Waals surface area contributed by atoms with E-state index in [4.69, 9.17) is 4.74 Å². The van der Waals surface area contributed by atoms with Gasteiger partial charge in [0.15, 0.2) is 11.0 Å². The number of hydrogen-bond donors (Lipinski definition) is 1. The second-order valence-electron chi connectivity index (χ2n) is 7.25. The zero-order valence-electron chi connectivity index (χ0n) is 18.5. The molecule has 0 aliphatic rings. The number of hydrogen-bond acceptors (Lipinski definition) is 6. The van der Waals surface area contributed by atoms with Gasteiger partial charge in [0.1, 0.15) is 5.75 Å². The number of pyridine rings is 1. The lowest BCUT2D eigenvalue weighted by atomic mass is 10.2. The molecule has 34 heavy (non-hydrogen) atoms. The molecule has 4 rings (SSSR count). The molecule has 0 bridgehead atoms. The first kappa shape index (κ1) is 24.4. The van der Waals surface area contributed by atoms with E-state index in [2.05, 4.69) is 52.4 Å². The highest BCUT2D eigenvalue weighted by molar-refractivity contribution is 9.11. The van der Waals surface area contributed by atoms with Crippen molar-refractivity contribution >= 4 is 55.2 Å². The van der Waals surface area contributed by atoms with Crippen LogP contribution in [-0.2, 0) is 4.79 Å². The summed E-state index contributed by atoms with van der Waals surface area (Å²) in [5, 5.41) is 12.3. The van der Waals surface area contributed by atoms with Crippen LogP contribution in [0.1, 0.15) is 12.5 Å². The van der Waals surface area contributed by atoms with Crippen molar-refractivity contribution in [1.29, 1.82) is 0 Å². The van der Waals surface area contributed by atoms with Crippen molar-refractivity contribution in [1.82, 2.24) is 19.7 Å². The van der Waals surface area contributed by atoms with Crippen molar-refractivity contribution in [2.45, 2.75) is 19.0 Å². The smallest absolute Gasteiger partial charge is 0.234 e. The highest BCUT2D eigenvalue weighted by Crippen LogP contribution is 2.33. The third-order valence-corrected chi connectivity index (χ3v) is 6.92. The number of aryl methyl sites for hydroxylation is 1. The average molecular weight is 603 g/mol. The molecule has 174 valence electrons. The van der Waals surface area contributed by atoms with Crippen molar-refractivity contribution in [3.05, 3.63) is 75.4 Å². The maximum absolute atomic E-state index is 12.8. The van der Waals surface area contributed by atoms with E-state index in [1.807, 2.05) is 66.9 Å². The second kappa shape index (κ2) is 11.2. The summed E-state index contributed by atoms with van der Waals surface area (Å²) in [5.74, 6) is 1.43. The Kier molecular flexibility index (Phi) is 8.02. The molecule has 2 aromatic heterocycles. The van der Waals surface area contributed by atoms with Gasteiger partial charge in [-0.05, 0) is 99.8 Å². The molecule has 0 saturated carbocycles. The molecule has 0 saturated heterocycles. The summed E-state index contributed by atoms with van der Waals surface area (Å²) in [6.07, 6.45) is 3.45. The molecule has 10 heteroatoms. The van der Waals surface area contributed by atoms with E-state index in [-0.39, 0.29) is 11.7 Å². The summed E-state index contributed by atoms with van der Waals surface area (Å²) >= 11 is 8.34. The van der Waals surface area contributed by atoms with Crippen LogP contribution in [0, 0.1) is 6.92 Å². The van der Waals surface area contributed by atoms with E-state index >= 15 is 0 Å². The number of nitrogens with zero attached hydrogens (tertiary/aromatic N) is 4. The topological polar surface area (TPSA) is 81.9 Å². The molecule has 0 fully saturated rings. The van der Waals surface area contributed by atoms with Crippen LogP contribution in [0.3, 0.4) is 0 Å². The van der Waals surface area contributed by atoms with E-state index in [1.165, 1.54) is 11.8 Å². The molecule has 2 aromatic carbocycles. The van der Waals surface area contributed by atoms with Crippen LogP contribution in [0.2, 0.25) is 0 Å². The summed E-state index contributed by atoms with van der Waals surface area (Å²) < 4.78 is 9.12. The molecule has 2 heterocycles. The molecule has 0 unspecified atom stereocenters. The maximum Gasteiger partial charge on any atom is 0.234 e. The summed E-state index contributed by atoms with van der Waals surface area (Å²) in [5.41, 5.74) is 3.46. The van der Waals surface area contributed by atoms with Gasteiger partial charge in [0.05, 0.1) is 18.0 Å². The van der Waals surface area contributed by atoms with Crippen LogP contribution in [0.25, 0.3) is 17.1 Å². The number of anilines is 1. The van der Waals surface area contributed by atoms with Gasteiger partial charge in [0.25, 0.3) is 0 Å². The zero-order chi connectivity index (χ0) is 24.1. The number of halogens is 2. The number of ether oxygens (including phenoxy) is 1. The third-order valence-electron chi connectivity index (χ3n) is 4.74. The molecule has 0 atom stereocenters. The Bertz CT molecular complexity index is 1270. The molecule has 0 aliphatic carbocycles. The number of carbonyl (C=O) groups excluding carboxylic acids is 1. The van der Waals surface area contributed by atoms with Crippen LogP contribution in [0.5, 0.6) is 5.75 Å². The maximum atomic E-state index is 12.8. The van der Waals surface area contributed by atoms with Gasteiger partial charge in [-0.3, -0.25) is 14.3 Å². The monoisotopic (exact) mass is 601 g/mol. The molecular formula is C24H21Br2N5O2S. The van der Waals surface area contributed by atoms with Crippen LogP contribution in [0.15, 0.2) is 75.0 Å². The van der Waals surface area contributed by atoms with Crippen molar-refractivity contribution < 1.29 is 9.53 Å². The summed E-state index contributed by atoms with van der Waals surface area (Å²) in [4.78, 5) is 17.0. The van der Waals surface area contributed by atoms with Gasteiger partial charge in [-0.15, -0.1) is 10.2 Å². The Balaban J connectivity index is 1.59. The highest BCUT2D eigenvalue weighted by Gasteiger charge is 2.18. The SMILES string of the molecule is CCOc1ccc(-n2c(SCC(=O)Nc3c(Br)cc(C)cc3Br)nnc2-c2cccnc2)cc1. The lowest BCUT2D eigenvalue weighted by Gasteiger charge is -2.12. The zero-order valence-corrected chi connectivity index (χ0v) is 22.4. The van der Waals surface area contributed by atoms with Gasteiger partial charge in [0, 0.05) is 32.6 Å². The van der Waals surface area contributed by atoms with E-state index < -0.39 is 0 Å². The first-order valence-corrected chi connectivity index (χ1v) is 13.0. The third kappa shape index (κ3) is 5.68. The molecule has 0 radical (unpaired) electrons. The van der Waals surface area contributed by atoms with E-state index in [0.717, 1.165) is 31.5 Å². The molecule has 4 aromatic rings. The van der Waals surface area contributed by atoms with Gasteiger partial charge < -0.3 is 10.1 Å². The number of rotatable bonds is 8. The van der Waals surface area contributed by atoms with Crippen LogP contribution in [0.4, 0.5) is 5.69 Å².